The number of rotatable bonds is 2. The number of hydrogen-bond donors (Lipinski definition) is 0. The van der Waals surface area contributed by atoms with Crippen LogP contribution in [0.25, 0.3) is 0 Å². The summed E-state index contributed by atoms with van der Waals surface area (Å²) in [5, 5.41) is 5.91. The number of methoxy groups -OCH3 is 1. The van der Waals surface area contributed by atoms with Crippen LogP contribution >= 0.6 is 11.3 Å². The van der Waals surface area contributed by atoms with Crippen molar-refractivity contribution in [2.75, 3.05) is 25.1 Å². The van der Waals surface area contributed by atoms with Crippen molar-refractivity contribution in [1.82, 2.24) is 10.2 Å². The van der Waals surface area contributed by atoms with E-state index in [0.29, 0.717) is 37.3 Å². The first kappa shape index (κ1) is 14.0. The maximum atomic E-state index is 12.4. The first-order chi connectivity index (χ1) is 8.91. The topological polar surface area (TPSA) is 55.3 Å². The zero-order chi connectivity index (χ0) is 14.0. The van der Waals surface area contributed by atoms with Crippen LogP contribution in [0.4, 0.5) is 18.3 Å². The molecule has 0 spiro atoms. The normalized spacial score (nSPS) is 20.4. The number of ether oxygens (including phenoxy) is 1. The van der Waals surface area contributed by atoms with Crippen LogP contribution in [-0.4, -0.2) is 36.4 Å². The molecule has 2 heterocycles. The molecule has 0 saturated carbocycles. The van der Waals surface area contributed by atoms with E-state index in [0.717, 1.165) is 0 Å². The number of hydrogen-bond acceptors (Lipinski definition) is 6. The van der Waals surface area contributed by atoms with Gasteiger partial charge in [-0.25, -0.2) is 0 Å². The summed E-state index contributed by atoms with van der Waals surface area (Å²) in [6.07, 6.45) is -3.09. The van der Waals surface area contributed by atoms with Crippen LogP contribution < -0.4 is 4.90 Å². The highest BCUT2D eigenvalue weighted by molar-refractivity contribution is 7.15. The number of anilines is 1. The van der Waals surface area contributed by atoms with Gasteiger partial charge in [-0.05, 0) is 12.8 Å². The maximum absolute atomic E-state index is 12.4. The molecule has 1 aliphatic heterocycles. The quantitative estimate of drug-likeness (QED) is 0.781. The first-order valence-electron chi connectivity index (χ1n) is 5.65. The molecule has 106 valence electrons. The molecule has 0 unspecified atom stereocenters. The summed E-state index contributed by atoms with van der Waals surface area (Å²) in [6.45, 7) is 0.888. The van der Waals surface area contributed by atoms with Gasteiger partial charge in [-0.3, -0.25) is 4.79 Å². The lowest BCUT2D eigenvalue weighted by Crippen LogP contribution is -2.39. The second-order valence-electron chi connectivity index (χ2n) is 4.20. The third-order valence-corrected chi connectivity index (χ3v) is 3.91. The van der Waals surface area contributed by atoms with Crippen molar-refractivity contribution in [3.8, 4) is 0 Å². The fraction of sp³-hybridized carbons (Fsp3) is 0.700. The predicted molar refractivity (Wildman–Crippen MR) is 61.9 cm³/mol. The van der Waals surface area contributed by atoms with Gasteiger partial charge in [0, 0.05) is 13.1 Å². The number of esters is 1. The van der Waals surface area contributed by atoms with Crippen LogP contribution in [0.15, 0.2) is 0 Å². The highest BCUT2D eigenvalue weighted by Crippen LogP contribution is 2.35. The van der Waals surface area contributed by atoms with Crippen LogP contribution in [0.2, 0.25) is 0 Å². The Morgan fingerprint density at radius 2 is 2.21 bits per heavy atom. The Hall–Kier alpha value is -1.38. The average molecular weight is 295 g/mol. The SMILES string of the molecule is COC(=O)[C@H]1CCCN(c2nnc(C(F)(F)F)s2)C1. The van der Waals surface area contributed by atoms with Crippen LogP contribution in [-0.2, 0) is 15.7 Å². The minimum absolute atomic E-state index is 0.195. The monoisotopic (exact) mass is 295 g/mol. The van der Waals surface area contributed by atoms with Crippen LogP contribution in [0.1, 0.15) is 17.8 Å². The van der Waals surface area contributed by atoms with E-state index in [-0.39, 0.29) is 17.0 Å². The summed E-state index contributed by atoms with van der Waals surface area (Å²) in [5.74, 6) is -0.665. The fourth-order valence-electron chi connectivity index (χ4n) is 1.97. The van der Waals surface area contributed by atoms with Gasteiger partial charge in [-0.2, -0.15) is 13.2 Å². The summed E-state index contributed by atoms with van der Waals surface area (Å²) in [6, 6.07) is 0. The molecule has 9 heteroatoms. The van der Waals surface area contributed by atoms with Gasteiger partial charge in [-0.1, -0.05) is 11.3 Å². The van der Waals surface area contributed by atoms with Crippen LogP contribution in [0.3, 0.4) is 0 Å². The standard InChI is InChI=1S/C10H12F3N3O2S/c1-18-7(17)6-3-2-4-16(5-6)9-15-14-8(19-9)10(11,12)13/h6H,2-5H2,1H3/t6-/m0/s1. The molecule has 1 aromatic heterocycles. The number of nitrogens with zero attached hydrogens (tertiary/aromatic N) is 3. The molecule has 0 amide bonds. The van der Waals surface area contributed by atoms with E-state index in [1.54, 1.807) is 4.90 Å². The number of halogens is 3. The van der Waals surface area contributed by atoms with E-state index in [2.05, 4.69) is 14.9 Å². The van der Waals surface area contributed by atoms with Crippen LogP contribution in [0.5, 0.6) is 0 Å². The predicted octanol–water partition coefficient (Wildman–Crippen LogP) is 1.95. The molecule has 0 bridgehead atoms. The number of piperidine rings is 1. The highest BCUT2D eigenvalue weighted by atomic mass is 32.1. The van der Waals surface area contributed by atoms with Crippen molar-refractivity contribution >= 4 is 22.4 Å². The summed E-state index contributed by atoms with van der Waals surface area (Å²) >= 11 is 0.494. The van der Waals surface area contributed by atoms with Crippen molar-refractivity contribution < 1.29 is 22.7 Å². The zero-order valence-electron chi connectivity index (χ0n) is 10.1. The van der Waals surface area contributed by atoms with Crippen molar-refractivity contribution in [3.63, 3.8) is 0 Å². The van der Waals surface area contributed by atoms with E-state index < -0.39 is 11.2 Å². The van der Waals surface area contributed by atoms with E-state index in [4.69, 9.17) is 0 Å². The largest absolute Gasteiger partial charge is 0.469 e. The second kappa shape index (κ2) is 5.32. The molecule has 0 N–H and O–H groups in total. The molecule has 1 fully saturated rings. The van der Waals surface area contributed by atoms with Gasteiger partial charge in [0.05, 0.1) is 13.0 Å². The Balaban J connectivity index is 2.09. The van der Waals surface area contributed by atoms with Gasteiger partial charge in [0.15, 0.2) is 0 Å². The third kappa shape index (κ3) is 3.14. The number of carbonyl (C=O) groups excluding carboxylic acids is 1. The molecule has 2 rings (SSSR count). The minimum Gasteiger partial charge on any atom is -0.469 e. The van der Waals surface area contributed by atoms with Gasteiger partial charge in [-0.15, -0.1) is 10.2 Å². The lowest BCUT2D eigenvalue weighted by atomic mass is 9.99. The molecule has 0 aliphatic carbocycles. The van der Waals surface area contributed by atoms with Gasteiger partial charge >= 0.3 is 12.1 Å². The summed E-state index contributed by atoms with van der Waals surface area (Å²) in [7, 11) is 1.30. The number of aromatic nitrogens is 2. The van der Waals surface area contributed by atoms with E-state index in [1.807, 2.05) is 0 Å². The Kier molecular flexibility index (Phi) is 3.93. The molecule has 5 nitrogen and oxygen atoms in total. The Morgan fingerprint density at radius 3 is 2.79 bits per heavy atom. The fourth-order valence-corrected chi connectivity index (χ4v) is 2.71. The Labute approximate surface area is 111 Å². The first-order valence-corrected chi connectivity index (χ1v) is 6.47. The summed E-state index contributed by atoms with van der Waals surface area (Å²) < 4.78 is 42.0. The van der Waals surface area contributed by atoms with Crippen molar-refractivity contribution in [3.05, 3.63) is 5.01 Å². The Morgan fingerprint density at radius 1 is 1.47 bits per heavy atom. The van der Waals surface area contributed by atoms with Gasteiger partial charge in [0.25, 0.3) is 0 Å². The maximum Gasteiger partial charge on any atom is 0.445 e. The molecule has 1 atom stereocenters. The lowest BCUT2D eigenvalue weighted by molar-refractivity contribution is -0.145. The second-order valence-corrected chi connectivity index (χ2v) is 5.15. The third-order valence-electron chi connectivity index (χ3n) is 2.88. The lowest BCUT2D eigenvalue weighted by Gasteiger charge is -2.30. The molecule has 1 aliphatic rings. The number of alkyl halides is 3. The van der Waals surface area contributed by atoms with Crippen molar-refractivity contribution in [2.24, 2.45) is 5.92 Å². The average Bonchev–Trinajstić information content (AvgIpc) is 2.87. The molecule has 1 aromatic rings. The van der Waals surface area contributed by atoms with Gasteiger partial charge in [0.2, 0.25) is 10.1 Å². The Bertz CT molecular complexity index is 463. The van der Waals surface area contributed by atoms with Gasteiger partial charge in [0.1, 0.15) is 0 Å². The molecule has 19 heavy (non-hydrogen) atoms. The number of carbonyl (C=O) groups is 1. The molecular formula is C10H12F3N3O2S. The van der Waals surface area contributed by atoms with Gasteiger partial charge < -0.3 is 9.64 Å². The minimum atomic E-state index is -4.48. The molecular weight excluding hydrogens is 283 g/mol. The van der Waals surface area contributed by atoms with E-state index >= 15 is 0 Å². The summed E-state index contributed by atoms with van der Waals surface area (Å²) in [5.41, 5.74) is 0. The molecule has 0 radical (unpaired) electrons. The smallest absolute Gasteiger partial charge is 0.445 e. The van der Waals surface area contributed by atoms with E-state index in [9.17, 15) is 18.0 Å². The van der Waals surface area contributed by atoms with Crippen LogP contribution in [0, 0.1) is 5.92 Å². The highest BCUT2D eigenvalue weighted by Gasteiger charge is 2.37. The zero-order valence-corrected chi connectivity index (χ0v) is 10.9. The van der Waals surface area contributed by atoms with E-state index in [1.165, 1.54) is 7.11 Å². The van der Waals surface area contributed by atoms with Crippen molar-refractivity contribution in [2.45, 2.75) is 19.0 Å². The molecule has 0 aromatic carbocycles. The summed E-state index contributed by atoms with van der Waals surface area (Å²) in [4.78, 5) is 13.1. The molecule has 1 saturated heterocycles. The van der Waals surface area contributed by atoms with Crippen molar-refractivity contribution in [1.29, 1.82) is 0 Å².